The molecule has 2 heterocycles. The Morgan fingerprint density at radius 2 is 1.95 bits per heavy atom. The third-order valence-corrected chi connectivity index (χ3v) is 7.88. The smallest absolute Gasteiger partial charge is 0.408 e. The summed E-state index contributed by atoms with van der Waals surface area (Å²) in [6.07, 6.45) is 4.52. The number of sulfonamides is 1. The number of halogens is 2. The van der Waals surface area contributed by atoms with Crippen LogP contribution in [0.4, 0.5) is 14.6 Å². The van der Waals surface area contributed by atoms with Gasteiger partial charge < -0.3 is 10.2 Å². The number of aromatic nitrogens is 2. The molecule has 0 fully saturated rings. The van der Waals surface area contributed by atoms with Crippen molar-refractivity contribution < 1.29 is 21.6 Å². The minimum absolute atomic E-state index is 0.104. The third-order valence-electron chi connectivity index (χ3n) is 6.51. The molecule has 0 radical (unpaired) electrons. The Labute approximate surface area is 211 Å². The molecule has 2 atom stereocenters. The fraction of sp³-hybridized carbons (Fsp3) is 0.231. The zero-order chi connectivity index (χ0) is 26.3. The molecular formula is C26H24F2N4O4S. The van der Waals surface area contributed by atoms with Gasteiger partial charge in [-0.3, -0.25) is 9.29 Å². The second-order valence-electron chi connectivity index (χ2n) is 8.97. The molecule has 0 saturated heterocycles. The molecule has 0 spiro atoms. The lowest BCUT2D eigenvalue weighted by Gasteiger charge is -2.23. The quantitative estimate of drug-likeness (QED) is 0.355. The highest BCUT2D eigenvalue weighted by molar-refractivity contribution is 7.92. The van der Waals surface area contributed by atoms with Crippen LogP contribution in [-0.2, 0) is 10.0 Å². The number of benzene rings is 2. The molecule has 0 saturated carbocycles. The van der Waals surface area contributed by atoms with Crippen LogP contribution in [0.3, 0.4) is 0 Å². The highest BCUT2D eigenvalue weighted by Gasteiger charge is 2.26. The predicted octanol–water partition coefficient (Wildman–Crippen LogP) is 4.57. The van der Waals surface area contributed by atoms with E-state index < -0.39 is 38.5 Å². The van der Waals surface area contributed by atoms with Crippen molar-refractivity contribution in [1.82, 2.24) is 9.55 Å². The van der Waals surface area contributed by atoms with Crippen LogP contribution in [0.1, 0.15) is 43.4 Å². The molecule has 0 amide bonds. The first-order valence-electron chi connectivity index (χ1n) is 11.7. The number of nitrogens with one attached hydrogen (secondary N) is 1. The molecule has 0 bridgehead atoms. The molecule has 11 heteroatoms. The zero-order valence-corrected chi connectivity index (χ0v) is 20.6. The second-order valence-corrected chi connectivity index (χ2v) is 10.6. The summed E-state index contributed by atoms with van der Waals surface area (Å²) in [5.41, 5.74) is 8.96. The van der Waals surface area contributed by atoms with Crippen molar-refractivity contribution >= 4 is 32.5 Å². The van der Waals surface area contributed by atoms with E-state index in [9.17, 15) is 17.6 Å². The number of hydrogen-bond donors (Lipinski definition) is 2. The molecule has 1 unspecified atom stereocenters. The molecule has 8 nitrogen and oxygen atoms in total. The lowest BCUT2D eigenvalue weighted by molar-refractivity contribution is 0.489. The van der Waals surface area contributed by atoms with Crippen molar-refractivity contribution in [3.05, 3.63) is 94.1 Å². The van der Waals surface area contributed by atoms with Gasteiger partial charge in [0.25, 0.3) is 10.0 Å². The van der Waals surface area contributed by atoms with Crippen molar-refractivity contribution in [1.29, 1.82) is 0 Å². The van der Waals surface area contributed by atoms with E-state index >= 15 is 4.39 Å². The number of nitrogens with zero attached hydrogens (tertiary/aromatic N) is 2. The van der Waals surface area contributed by atoms with Gasteiger partial charge in [0.2, 0.25) is 5.95 Å². The molecule has 3 N–H and O–H groups in total. The summed E-state index contributed by atoms with van der Waals surface area (Å²) >= 11 is 0. The predicted molar refractivity (Wildman–Crippen MR) is 135 cm³/mol. The molecule has 192 valence electrons. The van der Waals surface area contributed by atoms with E-state index in [0.717, 1.165) is 54.2 Å². The normalized spacial score (nSPS) is 17.0. The molecule has 0 aliphatic heterocycles. The van der Waals surface area contributed by atoms with E-state index in [2.05, 4.69) is 11.1 Å². The Hall–Kier alpha value is -3.83. The maximum Gasteiger partial charge on any atom is 0.420 e. The lowest BCUT2D eigenvalue weighted by atomic mass is 9.87. The standard InChI is InChI=1S/C26H24F2N4O4S/c1-15(18-5-2-3-6-19(18)16-9-11-17(29)12-10-16)32-21-13-20(27)23(14-22(21)36-26(32)33)37(34,35)31-25-8-4-7-24(28)30-25/h2-9,13-15,17H,10-12,29H2,1H3,(H,30,31)/t15-,17?/m1/s1. The van der Waals surface area contributed by atoms with Gasteiger partial charge in [0.1, 0.15) is 16.5 Å². The Morgan fingerprint density at radius 1 is 1.16 bits per heavy atom. The number of oxazole rings is 1. The lowest BCUT2D eigenvalue weighted by Crippen LogP contribution is -2.23. The van der Waals surface area contributed by atoms with Crippen LogP contribution in [-0.4, -0.2) is 24.0 Å². The maximum atomic E-state index is 15.2. The van der Waals surface area contributed by atoms with E-state index in [0.29, 0.717) is 0 Å². The number of pyridine rings is 1. The van der Waals surface area contributed by atoms with E-state index in [1.807, 2.05) is 29.0 Å². The summed E-state index contributed by atoms with van der Waals surface area (Å²) < 4.78 is 62.8. The fourth-order valence-electron chi connectivity index (χ4n) is 4.66. The van der Waals surface area contributed by atoms with Crippen LogP contribution in [0.15, 0.2) is 74.8 Å². The highest BCUT2D eigenvalue weighted by Crippen LogP contribution is 2.34. The minimum Gasteiger partial charge on any atom is -0.408 e. The van der Waals surface area contributed by atoms with Gasteiger partial charge in [0, 0.05) is 18.2 Å². The molecule has 2 aromatic heterocycles. The third kappa shape index (κ3) is 4.79. The monoisotopic (exact) mass is 526 g/mol. The van der Waals surface area contributed by atoms with Gasteiger partial charge in [0.05, 0.1) is 11.6 Å². The van der Waals surface area contributed by atoms with E-state index in [4.69, 9.17) is 10.2 Å². The molecule has 5 rings (SSSR count). The van der Waals surface area contributed by atoms with Gasteiger partial charge in [0.15, 0.2) is 5.58 Å². The van der Waals surface area contributed by atoms with Crippen LogP contribution in [0.25, 0.3) is 16.7 Å². The SMILES string of the molecule is C[C@H](c1ccccc1C1=CCC(N)CC1)n1c(=O)oc2cc(S(=O)(=O)Nc3cccc(F)n3)c(F)cc21. The van der Waals surface area contributed by atoms with E-state index in [1.165, 1.54) is 16.7 Å². The van der Waals surface area contributed by atoms with Crippen LogP contribution < -0.4 is 16.2 Å². The molecule has 37 heavy (non-hydrogen) atoms. The van der Waals surface area contributed by atoms with Crippen molar-refractivity contribution in [2.45, 2.75) is 43.2 Å². The number of nitrogens with two attached hydrogens (primary N) is 1. The van der Waals surface area contributed by atoms with Gasteiger partial charge in [-0.15, -0.1) is 0 Å². The first-order valence-corrected chi connectivity index (χ1v) is 13.2. The fourth-order valence-corrected chi connectivity index (χ4v) is 5.73. The first kappa shape index (κ1) is 24.8. The highest BCUT2D eigenvalue weighted by atomic mass is 32.2. The van der Waals surface area contributed by atoms with Crippen LogP contribution in [0.2, 0.25) is 0 Å². The van der Waals surface area contributed by atoms with Gasteiger partial charge in [-0.2, -0.15) is 4.39 Å². The van der Waals surface area contributed by atoms with E-state index in [-0.39, 0.29) is 23.0 Å². The summed E-state index contributed by atoms with van der Waals surface area (Å²) in [6.45, 7) is 1.80. The molecular weight excluding hydrogens is 502 g/mol. The average Bonchev–Trinajstić information content (AvgIpc) is 3.18. The second kappa shape index (κ2) is 9.56. The molecule has 1 aliphatic carbocycles. The van der Waals surface area contributed by atoms with Gasteiger partial charge >= 0.3 is 5.76 Å². The Balaban J connectivity index is 1.55. The largest absolute Gasteiger partial charge is 0.420 e. The minimum atomic E-state index is -4.50. The van der Waals surface area contributed by atoms with Gasteiger partial charge in [-0.1, -0.05) is 36.4 Å². The van der Waals surface area contributed by atoms with Crippen molar-refractivity contribution in [3.8, 4) is 0 Å². The van der Waals surface area contributed by atoms with Crippen molar-refractivity contribution in [2.24, 2.45) is 5.73 Å². The summed E-state index contributed by atoms with van der Waals surface area (Å²) in [5, 5.41) is 0. The van der Waals surface area contributed by atoms with Gasteiger partial charge in [-0.05, 0) is 55.0 Å². The first-order chi connectivity index (χ1) is 17.6. The van der Waals surface area contributed by atoms with Crippen molar-refractivity contribution in [2.75, 3.05) is 4.72 Å². The summed E-state index contributed by atoms with van der Waals surface area (Å²) in [5.74, 6) is -3.08. The van der Waals surface area contributed by atoms with Crippen molar-refractivity contribution in [3.63, 3.8) is 0 Å². The average molecular weight is 527 g/mol. The number of hydrogen-bond acceptors (Lipinski definition) is 6. The molecule has 4 aromatic rings. The summed E-state index contributed by atoms with van der Waals surface area (Å²) in [4.78, 5) is 15.6. The Kier molecular flexibility index (Phi) is 6.42. The molecule has 2 aromatic carbocycles. The van der Waals surface area contributed by atoms with Crippen LogP contribution in [0.5, 0.6) is 0 Å². The van der Waals surface area contributed by atoms with Crippen LogP contribution >= 0.6 is 0 Å². The number of allylic oxidation sites excluding steroid dienone is 1. The zero-order valence-electron chi connectivity index (χ0n) is 19.8. The summed E-state index contributed by atoms with van der Waals surface area (Å²) in [7, 11) is -4.50. The Morgan fingerprint density at radius 3 is 2.68 bits per heavy atom. The van der Waals surface area contributed by atoms with Gasteiger partial charge in [-0.25, -0.2) is 22.6 Å². The maximum absolute atomic E-state index is 15.2. The topological polar surface area (TPSA) is 120 Å². The number of anilines is 1. The Bertz CT molecular complexity index is 1690. The van der Waals surface area contributed by atoms with E-state index in [1.54, 1.807) is 6.92 Å². The number of fused-ring (bicyclic) bond motifs is 1. The van der Waals surface area contributed by atoms with Crippen LogP contribution in [0, 0.1) is 11.8 Å². The molecule has 1 aliphatic rings. The number of rotatable bonds is 6. The summed E-state index contributed by atoms with van der Waals surface area (Å²) in [6, 6.07) is 12.6.